The van der Waals surface area contributed by atoms with Crippen molar-refractivity contribution in [2.24, 2.45) is 0 Å². The molecule has 0 heterocycles. The molecule has 2 rings (SSSR count). The fourth-order valence-electron chi connectivity index (χ4n) is 1.77. The number of para-hydroxylation sites is 2. The first kappa shape index (κ1) is 15.3. The van der Waals surface area contributed by atoms with Gasteiger partial charge < -0.3 is 10.1 Å². The second kappa shape index (κ2) is 6.55. The predicted molar refractivity (Wildman–Crippen MR) is 79.4 cm³/mol. The Labute approximate surface area is 125 Å². The molecule has 22 heavy (non-hydrogen) atoms. The van der Waals surface area contributed by atoms with Crippen LogP contribution in [0, 0.1) is 10.1 Å². The van der Waals surface area contributed by atoms with E-state index in [4.69, 9.17) is 4.74 Å². The number of hydrogen-bond acceptors (Lipinski definition) is 5. The van der Waals surface area contributed by atoms with Crippen molar-refractivity contribution in [2.75, 3.05) is 17.5 Å². The number of urea groups is 1. The number of non-ortho nitro benzene ring substituents is 1. The van der Waals surface area contributed by atoms with Gasteiger partial charge in [0, 0.05) is 12.1 Å². The fraction of sp³-hybridized carbons (Fsp3) is 0.0714. The predicted octanol–water partition coefficient (Wildman–Crippen LogP) is 3.03. The molecule has 0 aliphatic heterocycles. The zero-order chi connectivity index (χ0) is 16.1. The monoisotopic (exact) mass is 303 g/mol. The number of hydrogen-bond donors (Lipinski definition) is 2. The Kier molecular flexibility index (Phi) is 4.54. The Morgan fingerprint density at radius 2 is 2.00 bits per heavy atom. The van der Waals surface area contributed by atoms with Crippen LogP contribution in [0.4, 0.5) is 21.9 Å². The first-order chi connectivity index (χ1) is 10.5. The molecule has 2 N–H and O–H groups in total. The molecule has 0 aliphatic carbocycles. The van der Waals surface area contributed by atoms with Gasteiger partial charge in [-0.2, -0.15) is 5.06 Å². The highest BCUT2D eigenvalue weighted by atomic mass is 16.6. The second-order valence-electron chi connectivity index (χ2n) is 4.22. The highest BCUT2D eigenvalue weighted by Gasteiger charge is 2.17. The van der Waals surface area contributed by atoms with Crippen LogP contribution in [0.3, 0.4) is 0 Å². The van der Waals surface area contributed by atoms with Crippen LogP contribution in [-0.4, -0.2) is 23.3 Å². The Morgan fingerprint density at radius 1 is 1.27 bits per heavy atom. The molecular formula is C14H13N3O5. The quantitative estimate of drug-likeness (QED) is 0.513. The number of nitro benzene ring substituents is 1. The van der Waals surface area contributed by atoms with Crippen molar-refractivity contribution in [1.29, 1.82) is 0 Å². The van der Waals surface area contributed by atoms with Gasteiger partial charge in [0.25, 0.3) is 5.69 Å². The van der Waals surface area contributed by atoms with Crippen molar-refractivity contribution in [1.82, 2.24) is 0 Å². The van der Waals surface area contributed by atoms with Crippen molar-refractivity contribution in [2.45, 2.75) is 0 Å². The lowest BCUT2D eigenvalue weighted by atomic mass is 10.3. The minimum atomic E-state index is -0.870. The fourth-order valence-corrected chi connectivity index (χ4v) is 1.77. The average Bonchev–Trinajstić information content (AvgIpc) is 2.54. The molecule has 0 unspecified atom stereocenters. The van der Waals surface area contributed by atoms with Gasteiger partial charge in [0.15, 0.2) is 0 Å². The topological polar surface area (TPSA) is 105 Å². The van der Waals surface area contributed by atoms with Crippen LogP contribution < -0.4 is 15.1 Å². The number of anilines is 2. The number of carbonyl (C=O) groups is 1. The largest absolute Gasteiger partial charge is 0.495 e. The third kappa shape index (κ3) is 3.30. The molecule has 8 nitrogen and oxygen atoms in total. The van der Waals surface area contributed by atoms with E-state index in [1.165, 1.54) is 25.3 Å². The van der Waals surface area contributed by atoms with Crippen LogP contribution in [0.5, 0.6) is 5.75 Å². The van der Waals surface area contributed by atoms with Crippen LogP contribution >= 0.6 is 0 Å². The first-order valence-corrected chi connectivity index (χ1v) is 6.20. The summed E-state index contributed by atoms with van der Waals surface area (Å²) in [4.78, 5) is 22.1. The lowest BCUT2D eigenvalue weighted by Crippen LogP contribution is -2.31. The number of hydroxylamine groups is 1. The lowest BCUT2D eigenvalue weighted by molar-refractivity contribution is -0.384. The van der Waals surface area contributed by atoms with Crippen molar-refractivity contribution in [3.05, 3.63) is 58.6 Å². The SMILES string of the molecule is COc1ccccc1NC(=O)N(O)c1cccc([N+](=O)[O-])c1. The van der Waals surface area contributed by atoms with Crippen LogP contribution in [0.2, 0.25) is 0 Å². The summed E-state index contributed by atoms with van der Waals surface area (Å²) in [5, 5.41) is 23.3. The van der Waals surface area contributed by atoms with Crippen LogP contribution in [0.15, 0.2) is 48.5 Å². The number of amides is 2. The molecule has 8 heteroatoms. The molecule has 0 spiro atoms. The third-order valence-electron chi connectivity index (χ3n) is 2.83. The molecule has 2 aromatic rings. The summed E-state index contributed by atoms with van der Waals surface area (Å²) in [7, 11) is 1.45. The highest BCUT2D eigenvalue weighted by molar-refractivity contribution is 6.00. The zero-order valence-electron chi connectivity index (χ0n) is 11.6. The van der Waals surface area contributed by atoms with E-state index in [1.54, 1.807) is 24.3 Å². The van der Waals surface area contributed by atoms with E-state index < -0.39 is 11.0 Å². The lowest BCUT2D eigenvalue weighted by Gasteiger charge is -2.16. The smallest absolute Gasteiger partial charge is 0.350 e. The standard InChI is InChI=1S/C14H13N3O5/c1-22-13-8-3-2-7-12(13)15-14(18)16(19)10-5-4-6-11(9-10)17(20)21/h2-9,19H,1H3,(H,15,18). The van der Waals surface area contributed by atoms with Crippen molar-refractivity contribution in [3.8, 4) is 5.75 Å². The van der Waals surface area contributed by atoms with Crippen molar-refractivity contribution < 1.29 is 19.7 Å². The molecule has 0 aliphatic rings. The summed E-state index contributed by atoms with van der Waals surface area (Å²) >= 11 is 0. The molecular weight excluding hydrogens is 290 g/mol. The summed E-state index contributed by atoms with van der Waals surface area (Å²) in [5.41, 5.74) is 0.0997. The van der Waals surface area contributed by atoms with E-state index in [1.807, 2.05) is 0 Å². The van der Waals surface area contributed by atoms with E-state index in [9.17, 15) is 20.1 Å². The number of ether oxygens (including phenoxy) is 1. The van der Waals surface area contributed by atoms with E-state index in [0.717, 1.165) is 6.07 Å². The van der Waals surface area contributed by atoms with Gasteiger partial charge in [-0.15, -0.1) is 0 Å². The van der Waals surface area contributed by atoms with Gasteiger partial charge in [-0.1, -0.05) is 18.2 Å². The zero-order valence-corrected chi connectivity index (χ0v) is 11.6. The number of nitro groups is 1. The van der Waals surface area contributed by atoms with Gasteiger partial charge in [0.05, 0.1) is 23.4 Å². The summed E-state index contributed by atoms with van der Waals surface area (Å²) < 4.78 is 5.08. The summed E-state index contributed by atoms with van der Waals surface area (Å²) in [6.45, 7) is 0. The molecule has 0 fully saturated rings. The van der Waals surface area contributed by atoms with Gasteiger partial charge in [0.1, 0.15) is 5.75 Å². The maximum atomic E-state index is 12.0. The van der Waals surface area contributed by atoms with Crippen molar-refractivity contribution in [3.63, 3.8) is 0 Å². The molecule has 114 valence electrons. The molecule has 0 saturated carbocycles. The van der Waals surface area contributed by atoms with E-state index in [0.29, 0.717) is 16.5 Å². The highest BCUT2D eigenvalue weighted by Crippen LogP contribution is 2.25. The average molecular weight is 303 g/mol. The molecule has 0 saturated heterocycles. The molecule has 0 radical (unpaired) electrons. The summed E-state index contributed by atoms with van der Waals surface area (Å²) in [6.07, 6.45) is 0. The molecule has 0 aromatic heterocycles. The number of nitrogens with zero attached hydrogens (tertiary/aromatic N) is 2. The molecule has 2 amide bonds. The van der Waals surface area contributed by atoms with Gasteiger partial charge in [-0.3, -0.25) is 15.3 Å². The van der Waals surface area contributed by atoms with E-state index >= 15 is 0 Å². The van der Waals surface area contributed by atoms with Gasteiger partial charge in [-0.25, -0.2) is 4.79 Å². The molecule has 2 aromatic carbocycles. The Bertz CT molecular complexity index is 704. The van der Waals surface area contributed by atoms with Crippen LogP contribution in [0.1, 0.15) is 0 Å². The summed E-state index contributed by atoms with van der Waals surface area (Å²) in [6, 6.07) is 10.9. The number of carbonyl (C=O) groups excluding carboxylic acids is 1. The van der Waals surface area contributed by atoms with Gasteiger partial charge in [-0.05, 0) is 18.2 Å². The van der Waals surface area contributed by atoms with Gasteiger partial charge >= 0.3 is 6.03 Å². The molecule has 0 bridgehead atoms. The maximum Gasteiger partial charge on any atom is 0.350 e. The number of rotatable bonds is 4. The minimum Gasteiger partial charge on any atom is -0.495 e. The maximum absolute atomic E-state index is 12.0. The summed E-state index contributed by atoms with van der Waals surface area (Å²) in [5.74, 6) is 0.420. The Morgan fingerprint density at radius 3 is 2.68 bits per heavy atom. The Hall–Kier alpha value is -3.13. The van der Waals surface area contributed by atoms with Crippen molar-refractivity contribution >= 4 is 23.1 Å². The number of benzene rings is 2. The first-order valence-electron chi connectivity index (χ1n) is 6.20. The van der Waals surface area contributed by atoms with Gasteiger partial charge in [0.2, 0.25) is 0 Å². The minimum absolute atomic E-state index is 0.0263. The Balaban J connectivity index is 2.19. The van der Waals surface area contributed by atoms with Crippen LogP contribution in [-0.2, 0) is 0 Å². The van der Waals surface area contributed by atoms with E-state index in [2.05, 4.69) is 5.32 Å². The molecule has 0 atom stereocenters. The number of methoxy groups -OCH3 is 1. The third-order valence-corrected chi connectivity index (χ3v) is 2.83. The van der Waals surface area contributed by atoms with Crippen LogP contribution in [0.25, 0.3) is 0 Å². The normalized spacial score (nSPS) is 9.91. The number of nitrogens with one attached hydrogen (secondary N) is 1. The second-order valence-corrected chi connectivity index (χ2v) is 4.22. The van der Waals surface area contributed by atoms with E-state index in [-0.39, 0.29) is 11.4 Å².